The molecule has 0 radical (unpaired) electrons. The molecule has 2 aliphatic rings. The Morgan fingerprint density at radius 3 is 2.93 bits per heavy atom. The summed E-state index contributed by atoms with van der Waals surface area (Å²) in [5.41, 5.74) is 1.17. The third-order valence-corrected chi connectivity index (χ3v) is 5.02. The molecule has 0 saturated carbocycles. The molecule has 1 fully saturated rings. The quantitative estimate of drug-likeness (QED) is 0.761. The highest BCUT2D eigenvalue weighted by atomic mass is 16.5. The summed E-state index contributed by atoms with van der Waals surface area (Å²) in [5.74, 6) is 2.50. The Balaban J connectivity index is 1.22. The lowest BCUT2D eigenvalue weighted by Gasteiger charge is -2.25. The number of carbonyl (C=O) groups is 1. The zero-order chi connectivity index (χ0) is 18.5. The highest BCUT2D eigenvalue weighted by Gasteiger charge is 2.25. The fraction of sp³-hybridized carbons (Fsp3) is 0.450. The minimum Gasteiger partial charge on any atom is -0.480 e. The van der Waals surface area contributed by atoms with Crippen molar-refractivity contribution in [2.45, 2.75) is 31.8 Å². The van der Waals surface area contributed by atoms with Crippen molar-refractivity contribution >= 4 is 17.5 Å². The van der Waals surface area contributed by atoms with Gasteiger partial charge in [0.15, 0.2) is 6.10 Å². The number of hydrogen-bond donors (Lipinski definition) is 2. The molecule has 0 aliphatic carbocycles. The summed E-state index contributed by atoms with van der Waals surface area (Å²) in [6, 6.07) is 9.86. The number of amides is 1. The number of ether oxygens (including phenoxy) is 1. The van der Waals surface area contributed by atoms with Crippen molar-refractivity contribution in [3.05, 3.63) is 42.2 Å². The predicted molar refractivity (Wildman–Crippen MR) is 104 cm³/mol. The lowest BCUT2D eigenvalue weighted by Crippen LogP contribution is -2.42. The smallest absolute Gasteiger partial charge is 0.261 e. The molecule has 0 bridgehead atoms. The van der Waals surface area contributed by atoms with Crippen LogP contribution in [0.2, 0.25) is 0 Å². The zero-order valence-corrected chi connectivity index (χ0v) is 15.4. The van der Waals surface area contributed by atoms with E-state index >= 15 is 0 Å². The normalized spacial score (nSPS) is 18.5. The largest absolute Gasteiger partial charge is 0.480 e. The summed E-state index contributed by atoms with van der Waals surface area (Å²) in [5, 5.41) is 6.19. The Kier molecular flexibility index (Phi) is 5.37. The average Bonchev–Trinajstić information content (AvgIpc) is 3.26. The first-order valence-electron chi connectivity index (χ1n) is 9.63. The molecule has 3 heterocycles. The van der Waals surface area contributed by atoms with Crippen molar-refractivity contribution in [1.82, 2.24) is 15.3 Å². The van der Waals surface area contributed by atoms with Crippen molar-refractivity contribution in [3.8, 4) is 5.75 Å². The van der Waals surface area contributed by atoms with Gasteiger partial charge in [-0.05, 0) is 37.3 Å². The molecule has 2 aliphatic heterocycles. The SMILES string of the molecule is O=C(NCCNc1cc(N2CCCC2)ncn1)C1CCc2ccccc2O1. The highest BCUT2D eigenvalue weighted by molar-refractivity contribution is 5.81. The van der Waals surface area contributed by atoms with E-state index in [9.17, 15) is 4.79 Å². The monoisotopic (exact) mass is 367 g/mol. The van der Waals surface area contributed by atoms with Crippen LogP contribution in [0.25, 0.3) is 0 Å². The van der Waals surface area contributed by atoms with E-state index in [0.29, 0.717) is 19.5 Å². The van der Waals surface area contributed by atoms with Gasteiger partial charge in [-0.3, -0.25) is 4.79 Å². The topological polar surface area (TPSA) is 79.4 Å². The van der Waals surface area contributed by atoms with Crippen LogP contribution >= 0.6 is 0 Å². The molecule has 1 unspecified atom stereocenters. The van der Waals surface area contributed by atoms with Crippen LogP contribution in [0.1, 0.15) is 24.8 Å². The van der Waals surface area contributed by atoms with E-state index in [1.54, 1.807) is 6.33 Å². The number of fused-ring (bicyclic) bond motifs is 1. The molecule has 2 aromatic rings. The van der Waals surface area contributed by atoms with Gasteiger partial charge in [0.25, 0.3) is 5.91 Å². The molecule has 1 aromatic carbocycles. The number of rotatable bonds is 6. The van der Waals surface area contributed by atoms with E-state index in [-0.39, 0.29) is 5.91 Å². The highest BCUT2D eigenvalue weighted by Crippen LogP contribution is 2.27. The Hall–Kier alpha value is -2.83. The maximum atomic E-state index is 12.4. The van der Waals surface area contributed by atoms with Gasteiger partial charge in [0.2, 0.25) is 0 Å². The van der Waals surface area contributed by atoms with Gasteiger partial charge in [-0.25, -0.2) is 9.97 Å². The summed E-state index contributed by atoms with van der Waals surface area (Å²) in [6.07, 6.45) is 5.18. The number of hydrogen-bond acceptors (Lipinski definition) is 6. The van der Waals surface area contributed by atoms with Gasteiger partial charge >= 0.3 is 0 Å². The number of aryl methyl sites for hydroxylation is 1. The summed E-state index contributed by atoms with van der Waals surface area (Å²) >= 11 is 0. The average molecular weight is 367 g/mol. The second kappa shape index (κ2) is 8.24. The van der Waals surface area contributed by atoms with Crippen LogP contribution in [0.3, 0.4) is 0 Å². The summed E-state index contributed by atoms with van der Waals surface area (Å²) in [7, 11) is 0. The number of carbonyl (C=O) groups excluding carboxylic acids is 1. The third kappa shape index (κ3) is 4.30. The molecule has 4 rings (SSSR count). The van der Waals surface area contributed by atoms with Crippen LogP contribution in [-0.4, -0.2) is 48.2 Å². The van der Waals surface area contributed by atoms with Crippen LogP contribution in [0.15, 0.2) is 36.7 Å². The second-order valence-corrected chi connectivity index (χ2v) is 6.93. The van der Waals surface area contributed by atoms with Crippen LogP contribution in [-0.2, 0) is 11.2 Å². The van der Waals surface area contributed by atoms with Crippen molar-refractivity contribution in [1.29, 1.82) is 0 Å². The van der Waals surface area contributed by atoms with E-state index in [0.717, 1.165) is 36.9 Å². The number of anilines is 2. The maximum absolute atomic E-state index is 12.4. The minimum absolute atomic E-state index is 0.0632. The fourth-order valence-electron chi connectivity index (χ4n) is 3.56. The number of aromatic nitrogens is 2. The lowest BCUT2D eigenvalue weighted by atomic mass is 10.0. The van der Waals surface area contributed by atoms with E-state index in [1.165, 1.54) is 18.4 Å². The van der Waals surface area contributed by atoms with Crippen molar-refractivity contribution in [2.75, 3.05) is 36.4 Å². The summed E-state index contributed by atoms with van der Waals surface area (Å²) in [6.45, 7) is 3.23. The van der Waals surface area contributed by atoms with Crippen molar-refractivity contribution < 1.29 is 9.53 Å². The van der Waals surface area contributed by atoms with E-state index in [1.807, 2.05) is 30.3 Å². The first-order valence-corrected chi connectivity index (χ1v) is 9.63. The molecule has 27 heavy (non-hydrogen) atoms. The maximum Gasteiger partial charge on any atom is 0.261 e. The molecule has 1 aromatic heterocycles. The molecule has 1 saturated heterocycles. The van der Waals surface area contributed by atoms with Crippen LogP contribution in [0.5, 0.6) is 5.75 Å². The predicted octanol–water partition coefficient (Wildman–Crippen LogP) is 2.00. The first-order chi connectivity index (χ1) is 13.3. The Bertz CT molecular complexity index is 791. The zero-order valence-electron chi connectivity index (χ0n) is 15.4. The van der Waals surface area contributed by atoms with Crippen molar-refractivity contribution in [3.63, 3.8) is 0 Å². The third-order valence-electron chi connectivity index (χ3n) is 5.02. The van der Waals surface area contributed by atoms with E-state index < -0.39 is 6.10 Å². The van der Waals surface area contributed by atoms with Gasteiger partial charge in [0.1, 0.15) is 23.7 Å². The van der Waals surface area contributed by atoms with Gasteiger partial charge in [-0.1, -0.05) is 18.2 Å². The minimum atomic E-state index is -0.416. The fourth-order valence-corrected chi connectivity index (χ4v) is 3.56. The molecule has 1 amide bonds. The summed E-state index contributed by atoms with van der Waals surface area (Å²) < 4.78 is 5.82. The molecular weight excluding hydrogens is 342 g/mol. The van der Waals surface area contributed by atoms with Gasteiger partial charge < -0.3 is 20.3 Å². The molecule has 7 nitrogen and oxygen atoms in total. The number of para-hydroxylation sites is 1. The first kappa shape index (κ1) is 17.6. The number of nitrogens with zero attached hydrogens (tertiary/aromatic N) is 3. The Morgan fingerprint density at radius 1 is 1.19 bits per heavy atom. The van der Waals surface area contributed by atoms with Crippen molar-refractivity contribution in [2.24, 2.45) is 0 Å². The van der Waals surface area contributed by atoms with Gasteiger partial charge in [0.05, 0.1) is 0 Å². The number of nitrogens with one attached hydrogen (secondary N) is 2. The molecule has 142 valence electrons. The van der Waals surface area contributed by atoms with Gasteiger partial charge in [-0.15, -0.1) is 0 Å². The Labute approximate surface area is 159 Å². The van der Waals surface area contributed by atoms with Gasteiger partial charge in [0, 0.05) is 32.2 Å². The van der Waals surface area contributed by atoms with Crippen LogP contribution in [0.4, 0.5) is 11.6 Å². The molecule has 2 N–H and O–H groups in total. The molecule has 7 heteroatoms. The lowest BCUT2D eigenvalue weighted by molar-refractivity contribution is -0.128. The van der Waals surface area contributed by atoms with E-state index in [4.69, 9.17) is 4.74 Å². The van der Waals surface area contributed by atoms with Crippen LogP contribution in [0, 0.1) is 0 Å². The Morgan fingerprint density at radius 2 is 2.04 bits per heavy atom. The molecular formula is C20H25N5O2. The van der Waals surface area contributed by atoms with E-state index in [2.05, 4.69) is 25.5 Å². The molecule has 0 spiro atoms. The molecule has 1 atom stereocenters. The summed E-state index contributed by atoms with van der Waals surface area (Å²) in [4.78, 5) is 23.2. The van der Waals surface area contributed by atoms with Gasteiger partial charge in [-0.2, -0.15) is 0 Å². The number of benzene rings is 1. The standard InChI is InChI=1S/C20H25N5O2/c26-20(17-8-7-15-5-1-2-6-16(15)27-17)22-10-9-21-18-13-19(24-14-23-18)25-11-3-4-12-25/h1-2,5-6,13-14,17H,3-4,7-12H2,(H,22,26)(H,21,23,24). The van der Waals surface area contributed by atoms with Crippen LogP contribution < -0.4 is 20.3 Å². The second-order valence-electron chi connectivity index (χ2n) is 6.93.